The van der Waals surface area contributed by atoms with E-state index in [1.165, 1.54) is 0 Å². The number of nitrogens with zero attached hydrogens (tertiary/aromatic N) is 1. The number of carbonyl (C=O) groups excluding carboxylic acids is 2. The van der Waals surface area contributed by atoms with Gasteiger partial charge in [0.2, 0.25) is 5.91 Å². The molecule has 122 valence electrons. The van der Waals surface area contributed by atoms with Crippen molar-refractivity contribution in [3.05, 3.63) is 46.0 Å². The van der Waals surface area contributed by atoms with E-state index in [1.54, 1.807) is 12.1 Å². The fraction of sp³-hybridized carbons (Fsp3) is 0.474. The zero-order valence-electron chi connectivity index (χ0n) is 13.5. The predicted molar refractivity (Wildman–Crippen MR) is 91.8 cm³/mol. The van der Waals surface area contributed by atoms with Gasteiger partial charge in [-0.15, -0.1) is 0 Å². The molecule has 0 saturated carbocycles. The molecule has 1 aromatic carbocycles. The first-order chi connectivity index (χ1) is 11.1. The Morgan fingerprint density at radius 2 is 2.09 bits per heavy atom. The van der Waals surface area contributed by atoms with Gasteiger partial charge in [-0.05, 0) is 62.8 Å². The third-order valence-corrected chi connectivity index (χ3v) is 5.08. The minimum absolute atomic E-state index is 0.102. The summed E-state index contributed by atoms with van der Waals surface area (Å²) in [6, 6.07) is 5.39. The van der Waals surface area contributed by atoms with Gasteiger partial charge in [-0.2, -0.15) is 0 Å². The highest BCUT2D eigenvalue weighted by Gasteiger charge is 2.31. The Bertz CT molecular complexity index is 665. The van der Waals surface area contributed by atoms with Crippen molar-refractivity contribution in [2.45, 2.75) is 39.0 Å². The second-order valence-corrected chi connectivity index (χ2v) is 6.97. The van der Waals surface area contributed by atoms with Crippen LogP contribution in [0.3, 0.4) is 0 Å². The van der Waals surface area contributed by atoms with Crippen LogP contribution in [0.25, 0.3) is 0 Å². The SMILES string of the molecule is Cc1cc(Cl)ccc1C(=O)[C@H]1CCCN(C(=O)C2=CCCC2)C1. The Morgan fingerprint density at radius 1 is 1.26 bits per heavy atom. The number of ketones is 1. The summed E-state index contributed by atoms with van der Waals surface area (Å²) < 4.78 is 0. The zero-order valence-corrected chi connectivity index (χ0v) is 14.2. The molecule has 1 heterocycles. The van der Waals surface area contributed by atoms with Gasteiger partial charge in [0.1, 0.15) is 0 Å². The van der Waals surface area contributed by atoms with Gasteiger partial charge in [0.25, 0.3) is 0 Å². The highest BCUT2D eigenvalue weighted by molar-refractivity contribution is 6.30. The number of hydrogen-bond acceptors (Lipinski definition) is 2. The van der Waals surface area contributed by atoms with Gasteiger partial charge in [-0.25, -0.2) is 0 Å². The van der Waals surface area contributed by atoms with Crippen LogP contribution in [0.1, 0.15) is 48.0 Å². The first kappa shape index (κ1) is 16.3. The normalized spacial score (nSPS) is 21.2. The maximum atomic E-state index is 12.8. The molecule has 4 heteroatoms. The molecule has 0 N–H and O–H groups in total. The molecule has 1 amide bonds. The third kappa shape index (κ3) is 3.50. The molecule has 0 spiro atoms. The van der Waals surface area contributed by atoms with Crippen molar-refractivity contribution in [2.24, 2.45) is 5.92 Å². The maximum Gasteiger partial charge on any atom is 0.249 e. The van der Waals surface area contributed by atoms with Gasteiger partial charge in [0, 0.05) is 35.2 Å². The van der Waals surface area contributed by atoms with Gasteiger partial charge in [-0.1, -0.05) is 17.7 Å². The maximum absolute atomic E-state index is 12.8. The summed E-state index contributed by atoms with van der Waals surface area (Å²) in [5.41, 5.74) is 2.57. The number of piperidine rings is 1. The molecular formula is C19H22ClNO2. The molecule has 23 heavy (non-hydrogen) atoms. The van der Waals surface area contributed by atoms with Gasteiger partial charge in [0.15, 0.2) is 5.78 Å². The number of benzene rings is 1. The standard InChI is InChI=1S/C19H22ClNO2/c1-13-11-16(20)8-9-17(13)18(22)15-7-4-10-21(12-15)19(23)14-5-2-3-6-14/h5,8-9,11,15H,2-4,6-7,10,12H2,1H3/t15-/m0/s1. The number of Topliss-reactive ketones (excluding diaryl/α,β-unsaturated/α-hetero) is 1. The summed E-state index contributed by atoms with van der Waals surface area (Å²) in [6.07, 6.45) is 6.75. The van der Waals surface area contributed by atoms with E-state index in [-0.39, 0.29) is 17.6 Å². The van der Waals surface area contributed by atoms with Crippen molar-refractivity contribution in [1.82, 2.24) is 4.90 Å². The number of allylic oxidation sites excluding steroid dienone is 1. The van der Waals surface area contributed by atoms with Crippen molar-refractivity contribution in [3.63, 3.8) is 0 Å². The Labute approximate surface area is 142 Å². The Balaban J connectivity index is 1.72. The van der Waals surface area contributed by atoms with E-state index >= 15 is 0 Å². The number of carbonyl (C=O) groups is 2. The molecule has 1 aromatic rings. The monoisotopic (exact) mass is 331 g/mol. The summed E-state index contributed by atoms with van der Waals surface area (Å²) in [7, 11) is 0. The zero-order chi connectivity index (χ0) is 16.4. The molecule has 1 fully saturated rings. The lowest BCUT2D eigenvalue weighted by molar-refractivity contribution is -0.128. The molecule has 0 radical (unpaired) electrons. The molecule has 0 unspecified atom stereocenters. The number of hydrogen-bond donors (Lipinski definition) is 0. The average Bonchev–Trinajstić information content (AvgIpc) is 3.08. The van der Waals surface area contributed by atoms with Crippen LogP contribution >= 0.6 is 11.6 Å². The number of aryl methyl sites for hydroxylation is 1. The summed E-state index contributed by atoms with van der Waals surface area (Å²) in [5.74, 6) is 0.166. The van der Waals surface area contributed by atoms with E-state index in [2.05, 4.69) is 6.08 Å². The molecule has 2 aliphatic rings. The fourth-order valence-electron chi connectivity index (χ4n) is 3.57. The summed E-state index contributed by atoms with van der Waals surface area (Å²) >= 11 is 5.97. The summed E-state index contributed by atoms with van der Waals surface area (Å²) in [6.45, 7) is 3.21. The molecule has 0 bridgehead atoms. The van der Waals surface area contributed by atoms with Crippen LogP contribution in [0, 0.1) is 12.8 Å². The van der Waals surface area contributed by atoms with Crippen LogP contribution in [-0.4, -0.2) is 29.7 Å². The largest absolute Gasteiger partial charge is 0.338 e. The Kier molecular flexibility index (Phi) is 4.86. The Hall–Kier alpha value is -1.61. The molecule has 3 rings (SSSR count). The van der Waals surface area contributed by atoms with Crippen molar-refractivity contribution in [2.75, 3.05) is 13.1 Å². The summed E-state index contributed by atoms with van der Waals surface area (Å²) in [4.78, 5) is 27.2. The second-order valence-electron chi connectivity index (χ2n) is 6.54. The van der Waals surface area contributed by atoms with Crippen LogP contribution in [0.15, 0.2) is 29.8 Å². The molecular weight excluding hydrogens is 310 g/mol. The quantitative estimate of drug-likeness (QED) is 0.779. The minimum atomic E-state index is -0.102. The molecule has 1 aliphatic carbocycles. The van der Waals surface area contributed by atoms with Crippen molar-refractivity contribution in [1.29, 1.82) is 0 Å². The van der Waals surface area contributed by atoms with E-state index in [1.807, 2.05) is 17.9 Å². The molecule has 1 saturated heterocycles. The van der Waals surface area contributed by atoms with Gasteiger partial charge in [0.05, 0.1) is 0 Å². The lowest BCUT2D eigenvalue weighted by atomic mass is 9.88. The fourth-order valence-corrected chi connectivity index (χ4v) is 3.79. The molecule has 3 nitrogen and oxygen atoms in total. The average molecular weight is 332 g/mol. The third-order valence-electron chi connectivity index (χ3n) is 4.85. The highest BCUT2D eigenvalue weighted by atomic mass is 35.5. The van der Waals surface area contributed by atoms with Crippen molar-refractivity contribution < 1.29 is 9.59 Å². The molecule has 1 atom stereocenters. The first-order valence-corrected chi connectivity index (χ1v) is 8.72. The first-order valence-electron chi connectivity index (χ1n) is 8.35. The van der Waals surface area contributed by atoms with Crippen molar-refractivity contribution >= 4 is 23.3 Å². The van der Waals surface area contributed by atoms with Crippen LogP contribution in [0.2, 0.25) is 5.02 Å². The van der Waals surface area contributed by atoms with E-state index < -0.39 is 0 Å². The summed E-state index contributed by atoms with van der Waals surface area (Å²) in [5, 5.41) is 0.646. The van der Waals surface area contributed by atoms with Crippen LogP contribution in [0.4, 0.5) is 0 Å². The highest BCUT2D eigenvalue weighted by Crippen LogP contribution is 2.27. The lowest BCUT2D eigenvalue weighted by Gasteiger charge is -2.32. The Morgan fingerprint density at radius 3 is 2.78 bits per heavy atom. The molecule has 1 aliphatic heterocycles. The van der Waals surface area contributed by atoms with E-state index in [4.69, 9.17) is 11.6 Å². The lowest BCUT2D eigenvalue weighted by Crippen LogP contribution is -2.42. The number of amides is 1. The van der Waals surface area contributed by atoms with Gasteiger partial charge >= 0.3 is 0 Å². The van der Waals surface area contributed by atoms with Crippen LogP contribution in [-0.2, 0) is 4.79 Å². The minimum Gasteiger partial charge on any atom is -0.338 e. The predicted octanol–water partition coefficient (Wildman–Crippen LogP) is 4.18. The van der Waals surface area contributed by atoms with Gasteiger partial charge in [-0.3, -0.25) is 9.59 Å². The van der Waals surface area contributed by atoms with E-state index in [0.717, 1.165) is 55.3 Å². The number of rotatable bonds is 3. The van der Waals surface area contributed by atoms with E-state index in [9.17, 15) is 9.59 Å². The number of likely N-dealkylation sites (tertiary alicyclic amines) is 1. The smallest absolute Gasteiger partial charge is 0.249 e. The number of halogens is 1. The second kappa shape index (κ2) is 6.88. The molecule has 0 aromatic heterocycles. The van der Waals surface area contributed by atoms with Gasteiger partial charge < -0.3 is 4.90 Å². The van der Waals surface area contributed by atoms with Crippen molar-refractivity contribution in [3.8, 4) is 0 Å². The van der Waals surface area contributed by atoms with E-state index in [0.29, 0.717) is 11.6 Å². The van der Waals surface area contributed by atoms with Crippen LogP contribution in [0.5, 0.6) is 0 Å². The topological polar surface area (TPSA) is 37.4 Å². The van der Waals surface area contributed by atoms with Crippen LogP contribution < -0.4 is 0 Å².